The van der Waals surface area contributed by atoms with E-state index in [-0.39, 0.29) is 0 Å². The van der Waals surface area contributed by atoms with Crippen molar-refractivity contribution in [1.29, 1.82) is 0 Å². The number of hydrogen-bond donors (Lipinski definition) is 0. The molecular formula is C9H14O2. The fourth-order valence-electron chi connectivity index (χ4n) is 0.925. The van der Waals surface area contributed by atoms with Crippen LogP contribution in [0.4, 0.5) is 0 Å². The van der Waals surface area contributed by atoms with Crippen LogP contribution < -0.4 is 0 Å². The molecule has 0 aromatic carbocycles. The molecule has 0 unspecified atom stereocenters. The second kappa shape index (κ2) is 3.58. The summed E-state index contributed by atoms with van der Waals surface area (Å²) in [5.41, 5.74) is 0. The van der Waals surface area contributed by atoms with Gasteiger partial charge in [-0.3, -0.25) is 0 Å². The van der Waals surface area contributed by atoms with Gasteiger partial charge in [0, 0.05) is 13.0 Å². The van der Waals surface area contributed by atoms with Gasteiger partial charge in [-0.05, 0) is 12.1 Å². The Kier molecular flexibility index (Phi) is 2.71. The molecule has 0 aliphatic heterocycles. The Labute approximate surface area is 67.2 Å². The van der Waals surface area contributed by atoms with Crippen molar-refractivity contribution < 1.29 is 9.15 Å². The fourth-order valence-corrected chi connectivity index (χ4v) is 0.925. The Bertz CT molecular complexity index is 213. The summed E-state index contributed by atoms with van der Waals surface area (Å²) in [6, 6.07) is 3.96. The summed E-state index contributed by atoms with van der Waals surface area (Å²) in [6.45, 7) is 4.78. The zero-order chi connectivity index (χ0) is 8.27. The predicted octanol–water partition coefficient (Wildman–Crippen LogP) is 2.55. The molecule has 0 aliphatic carbocycles. The molecule has 1 aromatic heterocycles. The minimum absolute atomic E-state index is 0.459. The third kappa shape index (κ3) is 2.09. The number of rotatable bonds is 3. The zero-order valence-electron chi connectivity index (χ0n) is 7.26. The molecule has 0 fully saturated rings. The Morgan fingerprint density at radius 1 is 1.45 bits per heavy atom. The van der Waals surface area contributed by atoms with Gasteiger partial charge in [-0.1, -0.05) is 13.8 Å². The molecule has 0 bridgehead atoms. The Balaban J connectivity index is 2.66. The molecule has 0 atom stereocenters. The third-order valence-electron chi connectivity index (χ3n) is 1.54. The molecule has 0 aliphatic rings. The van der Waals surface area contributed by atoms with Crippen molar-refractivity contribution >= 4 is 0 Å². The monoisotopic (exact) mass is 154 g/mol. The summed E-state index contributed by atoms with van der Waals surface area (Å²) < 4.78 is 10.4. The van der Waals surface area contributed by atoms with Gasteiger partial charge < -0.3 is 9.15 Å². The molecular weight excluding hydrogens is 140 g/mol. The van der Waals surface area contributed by atoms with Gasteiger partial charge in [0.2, 0.25) is 0 Å². The largest absolute Gasteiger partial charge is 0.463 e. The highest BCUT2D eigenvalue weighted by atomic mass is 16.5. The summed E-state index contributed by atoms with van der Waals surface area (Å²) in [4.78, 5) is 0. The molecule has 0 N–H and O–H groups in total. The highest BCUT2D eigenvalue weighted by Crippen LogP contribution is 2.17. The van der Waals surface area contributed by atoms with Crippen molar-refractivity contribution in [2.75, 3.05) is 7.11 Å². The molecule has 62 valence electrons. The second-order valence-electron chi connectivity index (χ2n) is 2.89. The van der Waals surface area contributed by atoms with Crippen molar-refractivity contribution in [3.05, 3.63) is 23.7 Å². The van der Waals surface area contributed by atoms with Crippen LogP contribution in [0.25, 0.3) is 0 Å². The van der Waals surface area contributed by atoms with Gasteiger partial charge in [-0.25, -0.2) is 0 Å². The van der Waals surface area contributed by atoms with Gasteiger partial charge in [0.25, 0.3) is 0 Å². The summed E-state index contributed by atoms with van der Waals surface area (Å²) in [5.74, 6) is 2.38. The topological polar surface area (TPSA) is 22.4 Å². The van der Waals surface area contributed by atoms with Crippen LogP contribution in [0.2, 0.25) is 0 Å². The number of furan rings is 1. The first-order chi connectivity index (χ1) is 5.24. The fraction of sp³-hybridized carbons (Fsp3) is 0.556. The molecule has 1 heterocycles. The molecule has 0 saturated heterocycles. The standard InChI is InChI=1S/C9H14O2/c1-7(2)9-5-4-8(11-9)6-10-3/h4-5,7H,6H2,1-3H3. The van der Waals surface area contributed by atoms with E-state index < -0.39 is 0 Å². The van der Waals surface area contributed by atoms with Crippen molar-refractivity contribution in [1.82, 2.24) is 0 Å². The first-order valence-corrected chi connectivity index (χ1v) is 3.81. The van der Waals surface area contributed by atoms with Gasteiger partial charge in [0.1, 0.15) is 18.1 Å². The normalized spacial score (nSPS) is 10.9. The lowest BCUT2D eigenvalue weighted by atomic mass is 10.2. The van der Waals surface area contributed by atoms with Crippen LogP contribution in [-0.4, -0.2) is 7.11 Å². The van der Waals surface area contributed by atoms with Crippen LogP contribution in [0.3, 0.4) is 0 Å². The van der Waals surface area contributed by atoms with Gasteiger partial charge >= 0.3 is 0 Å². The van der Waals surface area contributed by atoms with Crippen molar-refractivity contribution in [2.24, 2.45) is 0 Å². The van der Waals surface area contributed by atoms with Gasteiger partial charge in [-0.2, -0.15) is 0 Å². The van der Waals surface area contributed by atoms with E-state index in [9.17, 15) is 0 Å². The first-order valence-electron chi connectivity index (χ1n) is 3.81. The quantitative estimate of drug-likeness (QED) is 0.667. The van der Waals surface area contributed by atoms with Crippen LogP contribution in [0, 0.1) is 0 Å². The van der Waals surface area contributed by atoms with Gasteiger partial charge in [0.15, 0.2) is 0 Å². The SMILES string of the molecule is COCc1ccc(C(C)C)o1. The maximum atomic E-state index is 5.46. The highest BCUT2D eigenvalue weighted by Gasteiger charge is 2.04. The van der Waals surface area contributed by atoms with E-state index in [0.29, 0.717) is 12.5 Å². The van der Waals surface area contributed by atoms with E-state index in [0.717, 1.165) is 11.5 Å². The molecule has 2 nitrogen and oxygen atoms in total. The lowest BCUT2D eigenvalue weighted by molar-refractivity contribution is 0.162. The van der Waals surface area contributed by atoms with E-state index >= 15 is 0 Å². The highest BCUT2D eigenvalue weighted by molar-refractivity contribution is 5.09. The summed E-state index contributed by atoms with van der Waals surface area (Å²) in [6.07, 6.45) is 0. The first kappa shape index (κ1) is 8.34. The number of methoxy groups -OCH3 is 1. The van der Waals surface area contributed by atoms with E-state index in [1.807, 2.05) is 12.1 Å². The molecule has 1 aromatic rings. The molecule has 0 spiro atoms. The van der Waals surface area contributed by atoms with Gasteiger partial charge in [0.05, 0.1) is 0 Å². The number of hydrogen-bond acceptors (Lipinski definition) is 2. The van der Waals surface area contributed by atoms with Crippen molar-refractivity contribution in [2.45, 2.75) is 26.4 Å². The van der Waals surface area contributed by atoms with Gasteiger partial charge in [-0.15, -0.1) is 0 Å². The molecule has 2 heteroatoms. The molecule has 0 saturated carbocycles. The van der Waals surface area contributed by atoms with Crippen LogP contribution in [-0.2, 0) is 11.3 Å². The van der Waals surface area contributed by atoms with Crippen molar-refractivity contribution in [3.8, 4) is 0 Å². The van der Waals surface area contributed by atoms with Crippen LogP contribution in [0.1, 0.15) is 31.3 Å². The van der Waals surface area contributed by atoms with Crippen LogP contribution >= 0.6 is 0 Å². The van der Waals surface area contributed by atoms with E-state index in [1.54, 1.807) is 7.11 Å². The summed E-state index contributed by atoms with van der Waals surface area (Å²) >= 11 is 0. The lowest BCUT2D eigenvalue weighted by Gasteiger charge is -1.98. The van der Waals surface area contributed by atoms with Crippen LogP contribution in [0.15, 0.2) is 16.5 Å². The Morgan fingerprint density at radius 3 is 2.64 bits per heavy atom. The van der Waals surface area contributed by atoms with E-state index in [2.05, 4.69) is 13.8 Å². The van der Waals surface area contributed by atoms with Crippen molar-refractivity contribution in [3.63, 3.8) is 0 Å². The van der Waals surface area contributed by atoms with E-state index in [1.165, 1.54) is 0 Å². The average molecular weight is 154 g/mol. The maximum absolute atomic E-state index is 5.46. The minimum atomic E-state index is 0.459. The summed E-state index contributed by atoms with van der Waals surface area (Å²) in [7, 11) is 1.66. The smallest absolute Gasteiger partial charge is 0.129 e. The second-order valence-corrected chi connectivity index (χ2v) is 2.89. The third-order valence-corrected chi connectivity index (χ3v) is 1.54. The zero-order valence-corrected chi connectivity index (χ0v) is 7.26. The average Bonchev–Trinajstić information content (AvgIpc) is 2.37. The Morgan fingerprint density at radius 2 is 2.18 bits per heavy atom. The predicted molar refractivity (Wildman–Crippen MR) is 43.5 cm³/mol. The van der Waals surface area contributed by atoms with E-state index in [4.69, 9.17) is 9.15 Å². The lowest BCUT2D eigenvalue weighted by Crippen LogP contribution is -1.84. The molecule has 0 amide bonds. The van der Waals surface area contributed by atoms with Crippen LogP contribution in [0.5, 0.6) is 0 Å². The maximum Gasteiger partial charge on any atom is 0.129 e. The molecule has 11 heavy (non-hydrogen) atoms. The number of ether oxygens (including phenoxy) is 1. The Hall–Kier alpha value is -0.760. The minimum Gasteiger partial charge on any atom is -0.463 e. The molecule has 1 rings (SSSR count). The summed E-state index contributed by atoms with van der Waals surface area (Å²) in [5, 5.41) is 0. The molecule has 0 radical (unpaired) electrons.